The molecular weight excluding hydrogens is 344 g/mol. The summed E-state index contributed by atoms with van der Waals surface area (Å²) in [6.07, 6.45) is 2.88. The Labute approximate surface area is 160 Å². The van der Waals surface area contributed by atoms with Gasteiger partial charge in [0.1, 0.15) is 5.82 Å². The summed E-state index contributed by atoms with van der Waals surface area (Å²) in [5.41, 5.74) is 7.82. The highest BCUT2D eigenvalue weighted by molar-refractivity contribution is 5.96. The highest BCUT2D eigenvalue weighted by Crippen LogP contribution is 2.40. The second kappa shape index (κ2) is 8.58. The molecule has 2 aromatic rings. The number of hydrogen-bond donors (Lipinski definition) is 3. The molecule has 0 bridgehead atoms. The SMILES string of the molecule is COc1cc2nc(N)nc(NC3CCNCC3)c2c(CCN(C)C)c1OC. The molecule has 3 rings (SSSR count). The highest BCUT2D eigenvalue weighted by atomic mass is 16.5. The summed E-state index contributed by atoms with van der Waals surface area (Å²) in [7, 11) is 7.41. The van der Waals surface area contributed by atoms with Crippen LogP contribution < -0.4 is 25.8 Å². The maximum Gasteiger partial charge on any atom is 0.222 e. The third-order valence-corrected chi connectivity index (χ3v) is 4.93. The van der Waals surface area contributed by atoms with E-state index in [1.54, 1.807) is 14.2 Å². The van der Waals surface area contributed by atoms with Crippen molar-refractivity contribution in [2.75, 3.05) is 59.0 Å². The Balaban J connectivity index is 2.15. The summed E-state index contributed by atoms with van der Waals surface area (Å²) >= 11 is 0. The summed E-state index contributed by atoms with van der Waals surface area (Å²) in [5, 5.41) is 7.95. The Morgan fingerprint density at radius 2 is 1.96 bits per heavy atom. The minimum absolute atomic E-state index is 0.254. The highest BCUT2D eigenvalue weighted by Gasteiger charge is 2.22. The van der Waals surface area contributed by atoms with Gasteiger partial charge in [-0.25, -0.2) is 4.98 Å². The van der Waals surface area contributed by atoms with Gasteiger partial charge in [-0.05, 0) is 46.4 Å². The molecule has 1 aromatic carbocycles. The van der Waals surface area contributed by atoms with Gasteiger partial charge in [-0.2, -0.15) is 4.98 Å². The van der Waals surface area contributed by atoms with E-state index >= 15 is 0 Å². The van der Waals surface area contributed by atoms with Gasteiger partial charge in [0.15, 0.2) is 11.5 Å². The van der Waals surface area contributed by atoms with Gasteiger partial charge in [-0.1, -0.05) is 0 Å². The molecule has 8 nitrogen and oxygen atoms in total. The van der Waals surface area contributed by atoms with E-state index < -0.39 is 0 Å². The quantitative estimate of drug-likeness (QED) is 0.671. The van der Waals surface area contributed by atoms with Crippen LogP contribution in [-0.2, 0) is 6.42 Å². The number of nitrogens with one attached hydrogen (secondary N) is 2. The fourth-order valence-corrected chi connectivity index (χ4v) is 3.56. The van der Waals surface area contributed by atoms with E-state index in [0.717, 1.165) is 66.9 Å². The minimum atomic E-state index is 0.254. The number of likely N-dealkylation sites (N-methyl/N-ethyl adjacent to an activating group) is 1. The average Bonchev–Trinajstić information content (AvgIpc) is 2.65. The van der Waals surface area contributed by atoms with Crippen molar-refractivity contribution < 1.29 is 9.47 Å². The Morgan fingerprint density at radius 1 is 1.22 bits per heavy atom. The number of rotatable bonds is 7. The Bertz CT molecular complexity index is 790. The zero-order valence-corrected chi connectivity index (χ0v) is 16.6. The van der Waals surface area contributed by atoms with Gasteiger partial charge in [0.05, 0.1) is 25.1 Å². The molecule has 27 heavy (non-hydrogen) atoms. The van der Waals surface area contributed by atoms with Crippen LogP contribution in [0.1, 0.15) is 18.4 Å². The third-order valence-electron chi connectivity index (χ3n) is 4.93. The fourth-order valence-electron chi connectivity index (χ4n) is 3.56. The maximum atomic E-state index is 6.01. The van der Waals surface area contributed by atoms with E-state index in [9.17, 15) is 0 Å². The van der Waals surface area contributed by atoms with E-state index in [4.69, 9.17) is 15.2 Å². The molecule has 1 aliphatic heterocycles. The number of nitrogens with two attached hydrogens (primary N) is 1. The number of fused-ring (bicyclic) bond motifs is 1. The molecule has 0 atom stereocenters. The number of piperidine rings is 1. The Hall–Kier alpha value is -2.32. The predicted molar refractivity (Wildman–Crippen MR) is 109 cm³/mol. The van der Waals surface area contributed by atoms with Gasteiger partial charge in [-0.15, -0.1) is 0 Å². The second-order valence-corrected chi connectivity index (χ2v) is 7.14. The van der Waals surface area contributed by atoms with Crippen LogP contribution in [0.5, 0.6) is 11.5 Å². The number of aromatic nitrogens is 2. The maximum absolute atomic E-state index is 6.01. The number of nitrogens with zero attached hydrogens (tertiary/aromatic N) is 3. The first-order chi connectivity index (χ1) is 13.0. The van der Waals surface area contributed by atoms with Crippen molar-refractivity contribution in [3.05, 3.63) is 11.6 Å². The van der Waals surface area contributed by atoms with Crippen LogP contribution in [0, 0.1) is 0 Å². The van der Waals surface area contributed by atoms with Crippen LogP contribution in [0.25, 0.3) is 10.9 Å². The van der Waals surface area contributed by atoms with Crippen molar-refractivity contribution in [3.8, 4) is 11.5 Å². The Morgan fingerprint density at radius 3 is 2.59 bits per heavy atom. The molecular formula is C19H30N6O2. The lowest BCUT2D eigenvalue weighted by atomic mass is 10.0. The third kappa shape index (κ3) is 4.33. The molecule has 1 aromatic heterocycles. The zero-order chi connectivity index (χ0) is 19.4. The molecule has 0 radical (unpaired) electrons. The predicted octanol–water partition coefficient (Wildman–Crippen LogP) is 1.50. The van der Waals surface area contributed by atoms with Crippen LogP contribution in [0.15, 0.2) is 6.07 Å². The van der Waals surface area contributed by atoms with Crippen LogP contribution in [0.3, 0.4) is 0 Å². The first-order valence-corrected chi connectivity index (χ1v) is 9.36. The molecule has 0 unspecified atom stereocenters. The van der Waals surface area contributed by atoms with E-state index in [1.807, 2.05) is 6.07 Å². The summed E-state index contributed by atoms with van der Waals surface area (Å²) < 4.78 is 11.3. The van der Waals surface area contributed by atoms with Crippen LogP contribution in [-0.4, -0.2) is 68.9 Å². The first kappa shape index (κ1) is 19.4. The van der Waals surface area contributed by atoms with E-state index in [1.165, 1.54) is 0 Å². The molecule has 0 spiro atoms. The van der Waals surface area contributed by atoms with Gasteiger partial charge in [0.25, 0.3) is 0 Å². The molecule has 8 heteroatoms. The van der Waals surface area contributed by atoms with Gasteiger partial charge in [0.2, 0.25) is 5.95 Å². The van der Waals surface area contributed by atoms with Crippen LogP contribution >= 0.6 is 0 Å². The monoisotopic (exact) mass is 374 g/mol. The molecule has 1 saturated heterocycles. The summed E-state index contributed by atoms with van der Waals surface area (Å²) in [4.78, 5) is 11.1. The zero-order valence-electron chi connectivity index (χ0n) is 16.6. The smallest absolute Gasteiger partial charge is 0.222 e. The molecule has 0 amide bonds. The molecule has 0 saturated carbocycles. The first-order valence-electron chi connectivity index (χ1n) is 9.36. The van der Waals surface area contributed by atoms with Gasteiger partial charge >= 0.3 is 0 Å². The van der Waals surface area contributed by atoms with Gasteiger partial charge in [-0.3, -0.25) is 0 Å². The standard InChI is InChI=1S/C19H30N6O2/c1-25(2)10-7-13-16-14(11-15(26-3)17(13)27-4)23-19(20)24-18(16)22-12-5-8-21-9-6-12/h11-12,21H,5-10H2,1-4H3,(H3,20,22,23,24). The lowest BCUT2D eigenvalue weighted by Gasteiger charge is -2.26. The largest absolute Gasteiger partial charge is 0.493 e. The second-order valence-electron chi connectivity index (χ2n) is 7.14. The minimum Gasteiger partial charge on any atom is -0.493 e. The van der Waals surface area contributed by atoms with Gasteiger partial charge in [0, 0.05) is 24.2 Å². The summed E-state index contributed by atoms with van der Waals surface area (Å²) in [6, 6.07) is 2.23. The van der Waals surface area contributed by atoms with Crippen molar-refractivity contribution in [1.82, 2.24) is 20.2 Å². The molecule has 2 heterocycles. The van der Waals surface area contributed by atoms with E-state index in [0.29, 0.717) is 11.8 Å². The van der Waals surface area contributed by atoms with Gasteiger partial charge < -0.3 is 30.7 Å². The van der Waals surface area contributed by atoms with Crippen molar-refractivity contribution >= 4 is 22.7 Å². The summed E-state index contributed by atoms with van der Waals surface area (Å²) in [5.74, 6) is 2.42. The number of nitrogen functional groups attached to an aromatic ring is 1. The number of benzene rings is 1. The average molecular weight is 374 g/mol. The number of anilines is 2. The molecule has 4 N–H and O–H groups in total. The van der Waals surface area contributed by atoms with Crippen LogP contribution in [0.4, 0.5) is 11.8 Å². The molecule has 1 aliphatic rings. The van der Waals surface area contributed by atoms with Crippen LogP contribution in [0.2, 0.25) is 0 Å². The number of ether oxygens (including phenoxy) is 2. The number of methoxy groups -OCH3 is 2. The number of hydrogen-bond acceptors (Lipinski definition) is 8. The Kier molecular flexibility index (Phi) is 6.18. The van der Waals surface area contributed by atoms with E-state index in [2.05, 4.69) is 39.6 Å². The lowest BCUT2D eigenvalue weighted by Crippen LogP contribution is -2.35. The molecule has 1 fully saturated rings. The van der Waals surface area contributed by atoms with Crippen molar-refractivity contribution in [3.63, 3.8) is 0 Å². The normalized spacial score (nSPS) is 15.3. The van der Waals surface area contributed by atoms with E-state index in [-0.39, 0.29) is 5.95 Å². The van der Waals surface area contributed by atoms with Crippen molar-refractivity contribution in [2.24, 2.45) is 0 Å². The topological polar surface area (TPSA) is 97.6 Å². The van der Waals surface area contributed by atoms with Crippen molar-refractivity contribution in [2.45, 2.75) is 25.3 Å². The fraction of sp³-hybridized carbons (Fsp3) is 0.579. The molecule has 0 aliphatic carbocycles. The lowest BCUT2D eigenvalue weighted by molar-refractivity contribution is 0.349. The van der Waals surface area contributed by atoms with Crippen molar-refractivity contribution in [1.29, 1.82) is 0 Å². The summed E-state index contributed by atoms with van der Waals surface area (Å²) in [6.45, 7) is 2.87. The molecule has 148 valence electrons.